The molecule has 1 aromatic heterocycles. The van der Waals surface area contributed by atoms with Gasteiger partial charge >= 0.3 is 0 Å². The van der Waals surface area contributed by atoms with Crippen molar-refractivity contribution in [3.8, 4) is 0 Å². The fourth-order valence-corrected chi connectivity index (χ4v) is 2.66. The maximum atomic E-state index is 12.1. The normalized spacial score (nSPS) is 11.4. The first-order chi connectivity index (χ1) is 9.53. The van der Waals surface area contributed by atoms with E-state index in [9.17, 15) is 13.2 Å². The van der Waals surface area contributed by atoms with E-state index in [2.05, 4.69) is 9.71 Å². The lowest BCUT2D eigenvalue weighted by molar-refractivity contribution is 0.0988. The first-order valence-corrected chi connectivity index (χ1v) is 7.51. The Kier molecular flexibility index (Phi) is 4.31. The molecule has 0 saturated heterocycles. The van der Waals surface area contributed by atoms with Gasteiger partial charge < -0.3 is 4.42 Å². The van der Waals surface area contributed by atoms with Crippen molar-refractivity contribution in [2.24, 2.45) is 0 Å². The average molecular weight is 294 g/mol. The van der Waals surface area contributed by atoms with Gasteiger partial charge in [-0.2, -0.15) is 0 Å². The van der Waals surface area contributed by atoms with Crippen LogP contribution in [0.5, 0.6) is 0 Å². The summed E-state index contributed by atoms with van der Waals surface area (Å²) in [6, 6.07) is 5.96. The van der Waals surface area contributed by atoms with E-state index in [0.717, 1.165) is 0 Å². The van der Waals surface area contributed by atoms with Crippen molar-refractivity contribution in [3.05, 3.63) is 48.2 Å². The zero-order valence-corrected chi connectivity index (χ0v) is 11.7. The minimum Gasteiger partial charge on any atom is -0.451 e. The third kappa shape index (κ3) is 3.31. The first-order valence-electron chi connectivity index (χ1n) is 6.03. The van der Waals surface area contributed by atoms with Crippen LogP contribution in [-0.4, -0.2) is 19.2 Å². The van der Waals surface area contributed by atoms with E-state index in [-0.39, 0.29) is 17.2 Å². The molecule has 0 spiro atoms. The number of sulfonamides is 1. The van der Waals surface area contributed by atoms with Crippen LogP contribution in [0.1, 0.15) is 29.4 Å². The molecule has 0 bridgehead atoms. The van der Waals surface area contributed by atoms with Gasteiger partial charge in [-0.1, -0.05) is 19.1 Å². The summed E-state index contributed by atoms with van der Waals surface area (Å²) in [5.41, 5.74) is 0.867. The molecule has 0 aliphatic heterocycles. The number of ketones is 1. The third-order valence-corrected chi connectivity index (χ3v) is 4.11. The van der Waals surface area contributed by atoms with E-state index in [1.165, 1.54) is 24.8 Å². The van der Waals surface area contributed by atoms with Crippen LogP contribution in [0.3, 0.4) is 0 Å². The van der Waals surface area contributed by atoms with Gasteiger partial charge in [0.2, 0.25) is 10.0 Å². The van der Waals surface area contributed by atoms with Crippen molar-refractivity contribution >= 4 is 15.8 Å². The minimum atomic E-state index is -3.68. The molecule has 0 saturated carbocycles. The Morgan fingerprint density at radius 3 is 2.85 bits per heavy atom. The van der Waals surface area contributed by atoms with E-state index in [4.69, 9.17) is 4.42 Å². The van der Waals surface area contributed by atoms with Gasteiger partial charge in [-0.3, -0.25) is 4.79 Å². The smallest absolute Gasteiger partial charge is 0.240 e. The van der Waals surface area contributed by atoms with E-state index < -0.39 is 10.0 Å². The number of Topliss-reactive ketones (excluding diaryl/α,β-unsaturated/α-hetero) is 1. The maximum absolute atomic E-state index is 12.1. The van der Waals surface area contributed by atoms with Gasteiger partial charge in [0.15, 0.2) is 12.2 Å². The topological polar surface area (TPSA) is 89.3 Å². The summed E-state index contributed by atoms with van der Waals surface area (Å²) in [4.78, 5) is 15.5. The van der Waals surface area contributed by atoms with E-state index >= 15 is 0 Å². The van der Waals surface area contributed by atoms with Crippen LogP contribution in [0.15, 0.2) is 46.2 Å². The lowest BCUT2D eigenvalue weighted by Gasteiger charge is -2.06. The highest BCUT2D eigenvalue weighted by molar-refractivity contribution is 7.89. The van der Waals surface area contributed by atoms with Crippen molar-refractivity contribution in [1.82, 2.24) is 9.71 Å². The lowest BCUT2D eigenvalue weighted by atomic mass is 10.1. The minimum absolute atomic E-state index is 0.0325. The van der Waals surface area contributed by atoms with E-state index in [1.54, 1.807) is 19.1 Å². The third-order valence-electron chi connectivity index (χ3n) is 2.71. The number of nitrogens with zero attached hydrogens (tertiary/aromatic N) is 1. The van der Waals surface area contributed by atoms with Crippen LogP contribution in [-0.2, 0) is 16.6 Å². The quantitative estimate of drug-likeness (QED) is 0.820. The number of rotatable bonds is 6. The molecule has 2 aromatic rings. The predicted octanol–water partition coefficient (Wildman–Crippen LogP) is 1.75. The lowest BCUT2D eigenvalue weighted by Crippen LogP contribution is -2.23. The van der Waals surface area contributed by atoms with Gasteiger partial charge in [0.05, 0.1) is 17.1 Å². The molecule has 1 aromatic carbocycles. The van der Waals surface area contributed by atoms with Gasteiger partial charge in [-0.25, -0.2) is 18.1 Å². The fourth-order valence-electron chi connectivity index (χ4n) is 1.62. The number of carbonyl (C=O) groups excluding carboxylic acids is 1. The largest absolute Gasteiger partial charge is 0.451 e. The predicted molar refractivity (Wildman–Crippen MR) is 71.6 cm³/mol. The molecule has 106 valence electrons. The monoisotopic (exact) mass is 294 g/mol. The van der Waals surface area contributed by atoms with Gasteiger partial charge in [-0.15, -0.1) is 0 Å². The Labute approximate surface area is 116 Å². The van der Waals surface area contributed by atoms with E-state index in [1.807, 2.05) is 0 Å². The van der Waals surface area contributed by atoms with Gasteiger partial charge in [0.25, 0.3) is 0 Å². The molecule has 0 aliphatic rings. The summed E-state index contributed by atoms with van der Waals surface area (Å²) in [6.45, 7) is 1.76. The highest BCUT2D eigenvalue weighted by Gasteiger charge is 2.16. The van der Waals surface area contributed by atoms with Crippen LogP contribution in [0.4, 0.5) is 0 Å². The summed E-state index contributed by atoms with van der Waals surface area (Å²) >= 11 is 0. The number of hydrogen-bond donors (Lipinski definition) is 1. The van der Waals surface area contributed by atoms with Crippen LogP contribution < -0.4 is 4.72 Å². The molecular weight excluding hydrogens is 280 g/mol. The Morgan fingerprint density at radius 1 is 1.40 bits per heavy atom. The second-order valence-corrected chi connectivity index (χ2v) is 5.88. The number of aromatic nitrogens is 1. The molecule has 1 heterocycles. The van der Waals surface area contributed by atoms with Crippen LogP contribution in [0, 0.1) is 0 Å². The zero-order valence-electron chi connectivity index (χ0n) is 10.9. The number of nitrogens with one attached hydrogen (secondary N) is 1. The summed E-state index contributed by atoms with van der Waals surface area (Å²) in [7, 11) is -3.68. The number of benzene rings is 1. The second kappa shape index (κ2) is 5.98. The first kappa shape index (κ1) is 14.4. The van der Waals surface area contributed by atoms with Crippen LogP contribution >= 0.6 is 0 Å². The molecule has 0 atom stereocenters. The van der Waals surface area contributed by atoms with Crippen molar-refractivity contribution in [1.29, 1.82) is 0 Å². The SMILES string of the molecule is CCC(=O)c1cccc(S(=O)(=O)NCc2cocn2)c1. The van der Waals surface area contributed by atoms with Crippen molar-refractivity contribution < 1.29 is 17.6 Å². The molecule has 20 heavy (non-hydrogen) atoms. The molecular formula is C13H14N2O4S. The molecule has 7 heteroatoms. The van der Waals surface area contributed by atoms with Crippen LogP contribution in [0.2, 0.25) is 0 Å². The Bertz CT molecular complexity index is 693. The van der Waals surface area contributed by atoms with Gasteiger partial charge in [-0.05, 0) is 12.1 Å². The highest BCUT2D eigenvalue weighted by atomic mass is 32.2. The summed E-state index contributed by atoms with van der Waals surface area (Å²) in [5.74, 6) is -0.0986. The van der Waals surface area contributed by atoms with Crippen molar-refractivity contribution in [2.75, 3.05) is 0 Å². The van der Waals surface area contributed by atoms with E-state index in [0.29, 0.717) is 17.7 Å². The second-order valence-electron chi connectivity index (χ2n) is 4.11. The molecule has 0 radical (unpaired) electrons. The fraction of sp³-hybridized carbons (Fsp3) is 0.231. The highest BCUT2D eigenvalue weighted by Crippen LogP contribution is 2.13. The van der Waals surface area contributed by atoms with Crippen molar-refractivity contribution in [2.45, 2.75) is 24.8 Å². The molecule has 1 N–H and O–H groups in total. The molecule has 0 unspecified atom stereocenters. The Balaban J connectivity index is 2.18. The van der Waals surface area contributed by atoms with Gasteiger partial charge in [0.1, 0.15) is 6.26 Å². The van der Waals surface area contributed by atoms with Gasteiger partial charge in [0, 0.05) is 12.0 Å². The number of hydrogen-bond acceptors (Lipinski definition) is 5. The van der Waals surface area contributed by atoms with Crippen LogP contribution in [0.25, 0.3) is 0 Å². The number of oxazole rings is 1. The molecule has 0 fully saturated rings. The average Bonchev–Trinajstić information content (AvgIpc) is 2.98. The van der Waals surface area contributed by atoms with Crippen molar-refractivity contribution in [3.63, 3.8) is 0 Å². The summed E-state index contributed by atoms with van der Waals surface area (Å²) in [6.07, 6.45) is 2.92. The molecule has 0 amide bonds. The standard InChI is InChI=1S/C13H14N2O4S/c1-2-13(16)10-4-3-5-12(6-10)20(17,18)15-7-11-8-19-9-14-11/h3-6,8-9,15H,2,7H2,1H3. The zero-order chi connectivity index (χ0) is 14.6. The number of carbonyl (C=O) groups is 1. The molecule has 2 rings (SSSR count). The Hall–Kier alpha value is -1.99. The maximum Gasteiger partial charge on any atom is 0.240 e. The molecule has 0 aliphatic carbocycles. The molecule has 6 nitrogen and oxygen atoms in total. The summed E-state index contributed by atoms with van der Waals surface area (Å²) in [5, 5.41) is 0. The Morgan fingerprint density at radius 2 is 2.20 bits per heavy atom. The summed E-state index contributed by atoms with van der Waals surface area (Å²) < 4.78 is 31.4.